The lowest BCUT2D eigenvalue weighted by Gasteiger charge is -2.32. The summed E-state index contributed by atoms with van der Waals surface area (Å²) in [5.41, 5.74) is 1.69. The molecule has 0 atom stereocenters. The molecule has 0 saturated heterocycles. The van der Waals surface area contributed by atoms with Crippen molar-refractivity contribution >= 4 is 17.2 Å². The number of aromatic nitrogens is 3. The second-order valence-corrected chi connectivity index (χ2v) is 5.13. The third-order valence-corrected chi connectivity index (χ3v) is 3.60. The van der Waals surface area contributed by atoms with Crippen LogP contribution in [0.15, 0.2) is 12.1 Å². The lowest BCUT2D eigenvalue weighted by molar-refractivity contribution is -0.0884. The van der Waals surface area contributed by atoms with E-state index in [-0.39, 0.29) is 18.8 Å². The molecule has 0 spiro atoms. The Hall–Kier alpha value is -1.23. The summed E-state index contributed by atoms with van der Waals surface area (Å²) < 4.78 is 27.2. The van der Waals surface area contributed by atoms with Gasteiger partial charge in [-0.25, -0.2) is 18.3 Å². The molecule has 6 heteroatoms. The molecule has 0 N–H and O–H groups in total. The van der Waals surface area contributed by atoms with Gasteiger partial charge in [0.25, 0.3) is 0 Å². The van der Waals surface area contributed by atoms with E-state index in [1.807, 2.05) is 19.1 Å². The summed E-state index contributed by atoms with van der Waals surface area (Å²) >= 11 is 6.09. The zero-order valence-corrected chi connectivity index (χ0v) is 10.6. The fourth-order valence-corrected chi connectivity index (χ4v) is 2.50. The van der Waals surface area contributed by atoms with Gasteiger partial charge in [-0.1, -0.05) is 18.5 Å². The molecule has 1 aliphatic rings. The monoisotopic (exact) mass is 271 g/mol. The molecule has 0 aromatic carbocycles. The first-order valence-electron chi connectivity index (χ1n) is 5.91. The molecule has 18 heavy (non-hydrogen) atoms. The number of hydrogen-bond acceptors (Lipinski definition) is 2. The molecule has 2 aromatic heterocycles. The van der Waals surface area contributed by atoms with Crippen LogP contribution in [0.3, 0.4) is 0 Å². The number of halogens is 3. The molecule has 0 bridgehead atoms. The Bertz CT molecular complexity index is 601. The van der Waals surface area contributed by atoms with Crippen LogP contribution in [-0.4, -0.2) is 20.5 Å². The minimum atomic E-state index is -2.56. The molecule has 0 radical (unpaired) electrons. The summed E-state index contributed by atoms with van der Waals surface area (Å²) in [6.07, 6.45) is 0.518. The molecule has 0 unspecified atom stereocenters. The van der Waals surface area contributed by atoms with Gasteiger partial charge in [0, 0.05) is 18.8 Å². The summed E-state index contributed by atoms with van der Waals surface area (Å²) in [7, 11) is 0. The van der Waals surface area contributed by atoms with Gasteiger partial charge in [0.15, 0.2) is 11.5 Å². The lowest BCUT2D eigenvalue weighted by atomic mass is 9.81. The fourth-order valence-electron chi connectivity index (χ4n) is 2.23. The first kappa shape index (κ1) is 11.8. The van der Waals surface area contributed by atoms with Gasteiger partial charge in [-0.05, 0) is 24.1 Å². The van der Waals surface area contributed by atoms with Gasteiger partial charge in [-0.2, -0.15) is 0 Å². The molecular formula is C12H12ClF2N3. The highest BCUT2D eigenvalue weighted by atomic mass is 35.5. The van der Waals surface area contributed by atoms with Crippen molar-refractivity contribution in [3.05, 3.63) is 28.7 Å². The summed E-state index contributed by atoms with van der Waals surface area (Å²) in [5, 5.41) is 4.68. The Morgan fingerprint density at radius 3 is 2.78 bits per heavy atom. The van der Waals surface area contributed by atoms with E-state index in [1.54, 1.807) is 0 Å². The topological polar surface area (TPSA) is 30.2 Å². The molecule has 2 aromatic rings. The van der Waals surface area contributed by atoms with E-state index in [2.05, 4.69) is 10.1 Å². The molecular weight excluding hydrogens is 260 g/mol. The number of hydrogen-bond donors (Lipinski definition) is 0. The summed E-state index contributed by atoms with van der Waals surface area (Å²) in [6, 6.07) is 3.71. The van der Waals surface area contributed by atoms with Crippen molar-refractivity contribution < 1.29 is 8.78 Å². The zero-order valence-electron chi connectivity index (χ0n) is 9.83. The SMILES string of the molecule is CCc1cc(Cl)n2nc(C3CC(F)(F)C3)nc2c1. The van der Waals surface area contributed by atoms with E-state index >= 15 is 0 Å². The van der Waals surface area contributed by atoms with Gasteiger partial charge < -0.3 is 0 Å². The van der Waals surface area contributed by atoms with Gasteiger partial charge in [0.2, 0.25) is 5.92 Å². The maximum absolute atomic E-state index is 12.8. The Morgan fingerprint density at radius 2 is 2.17 bits per heavy atom. The van der Waals surface area contributed by atoms with E-state index in [9.17, 15) is 8.78 Å². The second kappa shape index (κ2) is 3.88. The number of aryl methyl sites for hydroxylation is 1. The maximum atomic E-state index is 12.8. The lowest BCUT2D eigenvalue weighted by Crippen LogP contribution is -2.34. The molecule has 3 rings (SSSR count). The Balaban J connectivity index is 1.99. The zero-order chi connectivity index (χ0) is 12.9. The van der Waals surface area contributed by atoms with Crippen LogP contribution < -0.4 is 0 Å². The van der Waals surface area contributed by atoms with Crippen LogP contribution in [-0.2, 0) is 6.42 Å². The average Bonchev–Trinajstić information content (AvgIpc) is 2.69. The largest absolute Gasteiger partial charge is 0.249 e. The highest BCUT2D eigenvalue weighted by Crippen LogP contribution is 2.47. The van der Waals surface area contributed by atoms with Crippen molar-refractivity contribution in [2.24, 2.45) is 0 Å². The number of rotatable bonds is 2. The van der Waals surface area contributed by atoms with Crippen LogP contribution in [0.25, 0.3) is 5.65 Å². The van der Waals surface area contributed by atoms with Gasteiger partial charge in [0.05, 0.1) is 0 Å². The maximum Gasteiger partial charge on any atom is 0.249 e. The molecule has 1 saturated carbocycles. The number of pyridine rings is 1. The van der Waals surface area contributed by atoms with Crippen LogP contribution in [0.4, 0.5) is 8.78 Å². The third-order valence-electron chi connectivity index (χ3n) is 3.33. The van der Waals surface area contributed by atoms with Gasteiger partial charge in [-0.3, -0.25) is 0 Å². The number of fused-ring (bicyclic) bond motifs is 1. The second-order valence-electron chi connectivity index (χ2n) is 4.74. The van der Waals surface area contributed by atoms with Crippen molar-refractivity contribution in [1.82, 2.24) is 14.6 Å². The quantitative estimate of drug-likeness (QED) is 0.783. The normalized spacial score (nSPS) is 19.1. The highest BCUT2D eigenvalue weighted by Gasteiger charge is 2.47. The summed E-state index contributed by atoms with van der Waals surface area (Å²) in [5.74, 6) is -2.34. The van der Waals surface area contributed by atoms with Crippen LogP contribution in [0.2, 0.25) is 5.15 Å². The van der Waals surface area contributed by atoms with Crippen LogP contribution in [0.1, 0.15) is 37.1 Å². The van der Waals surface area contributed by atoms with Gasteiger partial charge in [0.1, 0.15) is 5.15 Å². The molecule has 0 amide bonds. The van der Waals surface area contributed by atoms with E-state index in [0.29, 0.717) is 16.6 Å². The van der Waals surface area contributed by atoms with Crippen LogP contribution in [0.5, 0.6) is 0 Å². The molecule has 1 fully saturated rings. The molecule has 0 aliphatic heterocycles. The van der Waals surface area contributed by atoms with Gasteiger partial charge in [-0.15, -0.1) is 5.10 Å². The smallest absolute Gasteiger partial charge is 0.212 e. The van der Waals surface area contributed by atoms with E-state index in [1.165, 1.54) is 4.52 Å². The minimum absolute atomic E-state index is 0.165. The van der Waals surface area contributed by atoms with Crippen molar-refractivity contribution in [3.8, 4) is 0 Å². The van der Waals surface area contributed by atoms with Crippen molar-refractivity contribution in [3.63, 3.8) is 0 Å². The first-order chi connectivity index (χ1) is 8.48. The standard InChI is InChI=1S/C12H12ClF2N3/c1-2-7-3-9(13)18-10(4-7)16-11(17-18)8-5-12(14,15)6-8/h3-4,8H,2,5-6H2,1H3. The molecule has 96 valence electrons. The minimum Gasteiger partial charge on any atom is -0.212 e. The summed E-state index contributed by atoms with van der Waals surface area (Å²) in [4.78, 5) is 4.30. The van der Waals surface area contributed by atoms with E-state index in [0.717, 1.165) is 12.0 Å². The molecule has 2 heterocycles. The highest BCUT2D eigenvalue weighted by molar-refractivity contribution is 6.29. The predicted molar refractivity (Wildman–Crippen MR) is 64.3 cm³/mol. The number of alkyl halides is 2. The third kappa shape index (κ3) is 1.86. The van der Waals surface area contributed by atoms with Crippen molar-refractivity contribution in [2.45, 2.75) is 38.0 Å². The average molecular weight is 272 g/mol. The fraction of sp³-hybridized carbons (Fsp3) is 0.500. The van der Waals surface area contributed by atoms with Crippen LogP contribution in [0, 0.1) is 0 Å². The summed E-state index contributed by atoms with van der Waals surface area (Å²) in [6.45, 7) is 2.02. The van der Waals surface area contributed by atoms with Crippen LogP contribution >= 0.6 is 11.6 Å². The molecule has 1 aliphatic carbocycles. The van der Waals surface area contributed by atoms with Crippen molar-refractivity contribution in [2.75, 3.05) is 0 Å². The van der Waals surface area contributed by atoms with Crippen molar-refractivity contribution in [1.29, 1.82) is 0 Å². The predicted octanol–water partition coefficient (Wildman–Crippen LogP) is 3.46. The Morgan fingerprint density at radius 1 is 1.44 bits per heavy atom. The van der Waals surface area contributed by atoms with Gasteiger partial charge >= 0.3 is 0 Å². The molecule has 3 nitrogen and oxygen atoms in total. The Kier molecular flexibility index (Phi) is 2.55. The van der Waals surface area contributed by atoms with E-state index < -0.39 is 5.92 Å². The number of nitrogens with zero attached hydrogens (tertiary/aromatic N) is 3. The van der Waals surface area contributed by atoms with E-state index in [4.69, 9.17) is 11.6 Å². The first-order valence-corrected chi connectivity index (χ1v) is 6.29. The Labute approximate surface area is 108 Å².